The maximum absolute atomic E-state index is 12.5. The molecular weight excluding hydrogens is 382 g/mol. The lowest BCUT2D eigenvalue weighted by molar-refractivity contribution is -0.116. The van der Waals surface area contributed by atoms with Gasteiger partial charge in [0.1, 0.15) is 11.6 Å². The van der Waals surface area contributed by atoms with E-state index >= 15 is 0 Å². The second-order valence-electron chi connectivity index (χ2n) is 6.61. The third kappa shape index (κ3) is 4.33. The largest absolute Gasteiger partial charge is 0.336 e. The minimum absolute atomic E-state index is 0.0354. The monoisotopic (exact) mass is 401 g/mol. The van der Waals surface area contributed by atoms with Gasteiger partial charge in [0, 0.05) is 28.4 Å². The average molecular weight is 401 g/mol. The number of aromatic nitrogens is 2. The van der Waals surface area contributed by atoms with Gasteiger partial charge >= 0.3 is 0 Å². The number of nitrogens with zero attached hydrogens (tertiary/aromatic N) is 2. The van der Waals surface area contributed by atoms with Gasteiger partial charge < -0.3 is 9.88 Å². The summed E-state index contributed by atoms with van der Waals surface area (Å²) in [6, 6.07) is 20.8. The second-order valence-corrected chi connectivity index (χ2v) is 7.47. The molecule has 0 spiro atoms. The van der Waals surface area contributed by atoms with Gasteiger partial charge in [-0.15, -0.1) is 11.3 Å². The van der Waals surface area contributed by atoms with Gasteiger partial charge in [-0.3, -0.25) is 9.59 Å². The lowest BCUT2D eigenvalue weighted by Crippen LogP contribution is -2.19. The molecule has 144 valence electrons. The molecule has 0 fully saturated rings. The molecule has 29 heavy (non-hydrogen) atoms. The van der Waals surface area contributed by atoms with Crippen molar-refractivity contribution in [3.05, 3.63) is 83.9 Å². The van der Waals surface area contributed by atoms with Gasteiger partial charge in [0.2, 0.25) is 5.91 Å². The van der Waals surface area contributed by atoms with Crippen molar-refractivity contribution < 1.29 is 9.59 Å². The van der Waals surface area contributed by atoms with Crippen molar-refractivity contribution >= 4 is 28.7 Å². The molecule has 0 bridgehead atoms. The molecular formula is C23H19N3O2S. The first-order valence-corrected chi connectivity index (χ1v) is 10.1. The zero-order valence-electron chi connectivity index (χ0n) is 15.8. The highest BCUT2D eigenvalue weighted by Crippen LogP contribution is 2.29. The summed E-state index contributed by atoms with van der Waals surface area (Å²) in [6.07, 6.45) is 1.87. The molecule has 4 rings (SSSR count). The summed E-state index contributed by atoms with van der Waals surface area (Å²) < 4.78 is 1.87. The van der Waals surface area contributed by atoms with Crippen molar-refractivity contribution in [3.8, 4) is 22.0 Å². The van der Waals surface area contributed by atoms with Gasteiger partial charge in [0.25, 0.3) is 0 Å². The molecule has 0 saturated heterocycles. The second kappa shape index (κ2) is 8.24. The molecule has 2 heterocycles. The molecule has 0 unspecified atom stereocenters. The first-order chi connectivity index (χ1) is 14.1. The number of rotatable bonds is 6. The molecule has 0 aliphatic rings. The van der Waals surface area contributed by atoms with E-state index in [1.807, 2.05) is 58.6 Å². The third-order valence-corrected chi connectivity index (χ3v) is 5.35. The molecule has 0 radical (unpaired) electrons. The van der Waals surface area contributed by atoms with Crippen molar-refractivity contribution in [1.29, 1.82) is 0 Å². The topological polar surface area (TPSA) is 64.0 Å². The summed E-state index contributed by atoms with van der Waals surface area (Å²) in [7, 11) is 0. The molecule has 0 atom stereocenters. The Morgan fingerprint density at radius 3 is 2.66 bits per heavy atom. The summed E-state index contributed by atoms with van der Waals surface area (Å²) in [5, 5.41) is 5.74. The van der Waals surface area contributed by atoms with Crippen molar-refractivity contribution in [2.45, 2.75) is 13.5 Å². The van der Waals surface area contributed by atoms with Crippen LogP contribution in [0.3, 0.4) is 0 Å². The first kappa shape index (κ1) is 18.8. The van der Waals surface area contributed by atoms with E-state index in [9.17, 15) is 9.59 Å². The van der Waals surface area contributed by atoms with E-state index in [4.69, 9.17) is 4.98 Å². The molecule has 1 amide bonds. The molecule has 0 aliphatic heterocycles. The predicted octanol–water partition coefficient (Wildman–Crippen LogP) is 5.12. The van der Waals surface area contributed by atoms with E-state index in [0.29, 0.717) is 11.3 Å². The number of anilines is 1. The fraction of sp³-hybridized carbons (Fsp3) is 0.0870. The molecule has 5 nitrogen and oxygen atoms in total. The number of nitrogens with one attached hydrogen (secondary N) is 1. The summed E-state index contributed by atoms with van der Waals surface area (Å²) in [4.78, 5) is 28.8. The molecule has 1 N–H and O–H groups in total. The number of hydrogen-bond acceptors (Lipinski definition) is 4. The normalized spacial score (nSPS) is 10.7. The first-order valence-electron chi connectivity index (χ1n) is 9.17. The number of thiazole rings is 1. The van der Waals surface area contributed by atoms with Crippen molar-refractivity contribution in [3.63, 3.8) is 0 Å². The SMILES string of the molecule is CC(=O)c1cccc(NC(=O)Cn2cccc2-c2nc(-c3ccccc3)cs2)c1. The number of carbonyl (C=O) groups excluding carboxylic acids is 2. The van der Waals surface area contributed by atoms with Crippen LogP contribution in [0, 0.1) is 0 Å². The number of benzene rings is 2. The summed E-state index contributed by atoms with van der Waals surface area (Å²) in [5.41, 5.74) is 4.06. The van der Waals surface area contributed by atoms with Gasteiger partial charge in [0.05, 0.1) is 11.4 Å². The van der Waals surface area contributed by atoms with Crippen LogP contribution in [-0.4, -0.2) is 21.2 Å². The quantitative estimate of drug-likeness (QED) is 0.456. The molecule has 6 heteroatoms. The summed E-state index contributed by atoms with van der Waals surface area (Å²) in [5.74, 6) is -0.199. The van der Waals surface area contributed by atoms with Crippen LogP contribution in [0.25, 0.3) is 22.0 Å². The number of Topliss-reactive ketones (excluding diaryl/α,β-unsaturated/α-hetero) is 1. The third-order valence-electron chi connectivity index (χ3n) is 4.49. The zero-order chi connectivity index (χ0) is 20.2. The maximum Gasteiger partial charge on any atom is 0.244 e. The maximum atomic E-state index is 12.5. The Bertz CT molecular complexity index is 1160. The lowest BCUT2D eigenvalue weighted by Gasteiger charge is -2.09. The van der Waals surface area contributed by atoms with Gasteiger partial charge in [-0.05, 0) is 31.2 Å². The van der Waals surface area contributed by atoms with Gasteiger partial charge in [-0.25, -0.2) is 4.98 Å². The lowest BCUT2D eigenvalue weighted by atomic mass is 10.1. The average Bonchev–Trinajstić information content (AvgIpc) is 3.38. The van der Waals surface area contributed by atoms with E-state index in [-0.39, 0.29) is 18.2 Å². The fourth-order valence-electron chi connectivity index (χ4n) is 3.05. The highest BCUT2D eigenvalue weighted by Gasteiger charge is 2.13. The zero-order valence-corrected chi connectivity index (χ0v) is 16.6. The Balaban J connectivity index is 1.50. The van der Waals surface area contributed by atoms with Crippen molar-refractivity contribution in [1.82, 2.24) is 9.55 Å². The van der Waals surface area contributed by atoms with E-state index in [1.54, 1.807) is 35.6 Å². The van der Waals surface area contributed by atoms with E-state index in [2.05, 4.69) is 5.32 Å². The summed E-state index contributed by atoms with van der Waals surface area (Å²) in [6.45, 7) is 1.66. The van der Waals surface area contributed by atoms with Crippen LogP contribution in [-0.2, 0) is 11.3 Å². The van der Waals surface area contributed by atoms with Gasteiger partial charge in [0.15, 0.2) is 5.78 Å². The molecule has 0 aliphatic carbocycles. The van der Waals surface area contributed by atoms with Crippen LogP contribution < -0.4 is 5.32 Å². The molecule has 2 aromatic carbocycles. The Kier molecular flexibility index (Phi) is 5.35. The minimum atomic E-state index is -0.164. The number of hydrogen-bond donors (Lipinski definition) is 1. The van der Waals surface area contributed by atoms with Crippen LogP contribution in [0.5, 0.6) is 0 Å². The highest BCUT2D eigenvalue weighted by atomic mass is 32.1. The van der Waals surface area contributed by atoms with Crippen LogP contribution in [0.1, 0.15) is 17.3 Å². The van der Waals surface area contributed by atoms with E-state index in [0.717, 1.165) is 22.0 Å². The minimum Gasteiger partial charge on any atom is -0.336 e. The number of amides is 1. The Morgan fingerprint density at radius 1 is 1.03 bits per heavy atom. The highest BCUT2D eigenvalue weighted by molar-refractivity contribution is 7.13. The van der Waals surface area contributed by atoms with E-state index < -0.39 is 0 Å². The van der Waals surface area contributed by atoms with Gasteiger partial charge in [-0.2, -0.15) is 0 Å². The van der Waals surface area contributed by atoms with Crippen molar-refractivity contribution in [2.24, 2.45) is 0 Å². The molecule has 0 saturated carbocycles. The standard InChI is InChI=1S/C23H19N3O2S/c1-16(27)18-9-5-10-19(13-18)24-22(28)14-26-12-6-11-21(26)23-25-20(15-29-23)17-7-3-2-4-8-17/h2-13,15H,14H2,1H3,(H,24,28). The fourth-order valence-corrected chi connectivity index (χ4v) is 3.92. The van der Waals surface area contributed by atoms with Crippen LogP contribution in [0.4, 0.5) is 5.69 Å². The number of carbonyl (C=O) groups is 2. The van der Waals surface area contributed by atoms with Gasteiger partial charge in [-0.1, -0.05) is 42.5 Å². The Morgan fingerprint density at radius 2 is 1.86 bits per heavy atom. The Labute approximate surface area is 172 Å². The van der Waals surface area contributed by atoms with Crippen molar-refractivity contribution in [2.75, 3.05) is 5.32 Å². The van der Waals surface area contributed by atoms with Crippen LogP contribution in [0.15, 0.2) is 78.3 Å². The summed E-state index contributed by atoms with van der Waals surface area (Å²) >= 11 is 1.55. The predicted molar refractivity (Wildman–Crippen MR) is 116 cm³/mol. The number of ketones is 1. The smallest absolute Gasteiger partial charge is 0.244 e. The molecule has 4 aromatic rings. The Hall–Kier alpha value is -3.51. The van der Waals surface area contributed by atoms with E-state index in [1.165, 1.54) is 6.92 Å². The van der Waals surface area contributed by atoms with Crippen LogP contribution >= 0.6 is 11.3 Å². The van der Waals surface area contributed by atoms with Crippen LogP contribution in [0.2, 0.25) is 0 Å². The molecule has 2 aromatic heterocycles.